The number of carbonyl (C=O) groups excluding carboxylic acids is 1. The van der Waals surface area contributed by atoms with E-state index in [0.717, 1.165) is 25.5 Å². The summed E-state index contributed by atoms with van der Waals surface area (Å²) in [4.78, 5) is 10.4. The lowest BCUT2D eigenvalue weighted by Crippen LogP contribution is -2.34. The van der Waals surface area contributed by atoms with Crippen molar-refractivity contribution in [3.05, 3.63) is 11.6 Å². The van der Waals surface area contributed by atoms with Crippen LogP contribution >= 0.6 is 0 Å². The molecule has 0 N–H and O–H groups in total. The molecule has 1 heterocycles. The molecule has 1 aliphatic carbocycles. The molecule has 1 saturated heterocycles. The molecule has 0 saturated carbocycles. The van der Waals surface area contributed by atoms with Crippen LogP contribution in [0.4, 0.5) is 0 Å². The molecule has 0 aromatic heterocycles. The summed E-state index contributed by atoms with van der Waals surface area (Å²) in [5.41, 5.74) is 1.82. The van der Waals surface area contributed by atoms with Crippen molar-refractivity contribution in [3.8, 4) is 0 Å². The number of aldehydes is 1. The van der Waals surface area contributed by atoms with Crippen LogP contribution in [0.3, 0.4) is 0 Å². The van der Waals surface area contributed by atoms with E-state index in [1.54, 1.807) is 10.6 Å². The number of nitrogens with zero attached hydrogens (tertiary/aromatic N) is 2. The highest BCUT2D eigenvalue weighted by molar-refractivity contribution is 6.55. The summed E-state index contributed by atoms with van der Waals surface area (Å²) in [5, 5.41) is 5.11. The number of unbranched alkanes of at least 4 members (excludes halogenated alkanes) is 1. The van der Waals surface area contributed by atoms with Gasteiger partial charge in [0.05, 0.1) is 5.60 Å². The van der Waals surface area contributed by atoms with Gasteiger partial charge in [0, 0.05) is 27.2 Å². The zero-order valence-corrected chi connectivity index (χ0v) is 21.2. The van der Waals surface area contributed by atoms with Crippen molar-refractivity contribution in [2.75, 3.05) is 14.1 Å². The molecule has 0 spiro atoms. The second-order valence-corrected chi connectivity index (χ2v) is 8.70. The smallest absolute Gasteiger partial charge is 0.297 e. The highest BCUT2D eigenvalue weighted by atomic mass is 16.5. The van der Waals surface area contributed by atoms with Crippen LogP contribution in [0.25, 0.3) is 0 Å². The molecule has 1 atom stereocenters. The van der Waals surface area contributed by atoms with Gasteiger partial charge in [0.15, 0.2) is 0 Å². The van der Waals surface area contributed by atoms with Gasteiger partial charge in [0.1, 0.15) is 6.29 Å². The molecule has 0 bridgehead atoms. The van der Waals surface area contributed by atoms with Crippen LogP contribution < -0.4 is 0 Å². The Bertz CT molecular complexity index is 458. The zero-order chi connectivity index (χ0) is 23.1. The number of rotatable bonds is 6. The highest BCUT2D eigenvalue weighted by Crippen LogP contribution is 2.50. The average Bonchev–Trinajstić information content (AvgIpc) is 2.93. The SMILES string of the molecule is C=NN(C)C.CC.CC.CC1(C)CB(C2CC=C(CCCC=O)CC2)OC1(C)C. The normalized spacial score (nSPS) is 21.1. The van der Waals surface area contributed by atoms with Crippen LogP contribution in [0.1, 0.15) is 93.9 Å². The summed E-state index contributed by atoms with van der Waals surface area (Å²) in [5.74, 6) is 0.686. The van der Waals surface area contributed by atoms with Crippen LogP contribution in [0, 0.1) is 5.41 Å². The Morgan fingerprint density at radius 3 is 2.14 bits per heavy atom. The van der Waals surface area contributed by atoms with Gasteiger partial charge in [0.2, 0.25) is 0 Å². The molecule has 1 fully saturated rings. The molecule has 2 aliphatic rings. The van der Waals surface area contributed by atoms with Gasteiger partial charge in [-0.1, -0.05) is 59.6 Å². The van der Waals surface area contributed by atoms with Crippen molar-refractivity contribution in [1.29, 1.82) is 0 Å². The standard InChI is InChI=1S/C17H29BO2.C3H8N2.2C2H6/c1-16(2)13-18(20-17(16,3)4)15-10-8-14(9-11-15)7-5-6-12-19;1-4-5(2)3;2*1-2/h8,12,15H,5-7,9-11,13H2,1-4H3;1H2,2-3H3;2*1-2H3. The van der Waals surface area contributed by atoms with Gasteiger partial charge in [-0.15, -0.1) is 0 Å². The molecule has 2 rings (SSSR count). The Labute approximate surface area is 182 Å². The minimum Gasteiger partial charge on any atom is -0.430 e. The number of hydrogen-bond acceptors (Lipinski definition) is 4. The highest BCUT2D eigenvalue weighted by Gasteiger charge is 2.51. The molecule has 170 valence electrons. The fraction of sp³-hybridized carbons (Fsp3) is 0.833. The second kappa shape index (κ2) is 15.7. The van der Waals surface area contributed by atoms with Crippen LogP contribution in [0.5, 0.6) is 0 Å². The first kappa shape index (κ1) is 30.1. The van der Waals surface area contributed by atoms with E-state index in [1.807, 2.05) is 41.8 Å². The predicted molar refractivity (Wildman–Crippen MR) is 131 cm³/mol. The zero-order valence-electron chi connectivity index (χ0n) is 21.2. The molecule has 1 aliphatic heterocycles. The third-order valence-corrected chi connectivity index (χ3v) is 5.96. The Morgan fingerprint density at radius 2 is 1.79 bits per heavy atom. The van der Waals surface area contributed by atoms with E-state index in [1.165, 1.54) is 19.2 Å². The second-order valence-electron chi connectivity index (χ2n) is 8.70. The quantitative estimate of drug-likeness (QED) is 0.120. The first-order valence-electron chi connectivity index (χ1n) is 11.6. The average molecular weight is 408 g/mol. The summed E-state index contributed by atoms with van der Waals surface area (Å²) in [6, 6.07) is 0. The summed E-state index contributed by atoms with van der Waals surface area (Å²) >= 11 is 0. The van der Waals surface area contributed by atoms with Gasteiger partial charge in [-0.2, -0.15) is 5.10 Å². The van der Waals surface area contributed by atoms with Crippen molar-refractivity contribution in [2.45, 2.75) is 112 Å². The summed E-state index contributed by atoms with van der Waals surface area (Å²) in [7, 11) is 3.65. The van der Waals surface area contributed by atoms with E-state index in [-0.39, 0.29) is 11.0 Å². The molecular formula is C24H49BN2O2. The van der Waals surface area contributed by atoms with Crippen LogP contribution in [0.15, 0.2) is 16.8 Å². The van der Waals surface area contributed by atoms with Crippen LogP contribution in [0.2, 0.25) is 12.1 Å². The van der Waals surface area contributed by atoms with E-state index < -0.39 is 0 Å². The van der Waals surface area contributed by atoms with Crippen LogP contribution in [-0.4, -0.2) is 44.6 Å². The van der Waals surface area contributed by atoms with E-state index in [0.29, 0.717) is 19.2 Å². The van der Waals surface area contributed by atoms with Gasteiger partial charge in [-0.3, -0.25) is 0 Å². The van der Waals surface area contributed by atoms with E-state index >= 15 is 0 Å². The minimum atomic E-state index is -0.00831. The van der Waals surface area contributed by atoms with Gasteiger partial charge >= 0.3 is 0 Å². The lowest BCUT2D eigenvalue weighted by molar-refractivity contribution is -0.107. The fourth-order valence-electron chi connectivity index (χ4n) is 3.48. The van der Waals surface area contributed by atoms with Gasteiger partial charge < -0.3 is 14.5 Å². The number of allylic oxidation sites excluding steroid dienone is 2. The van der Waals surface area contributed by atoms with Crippen molar-refractivity contribution >= 4 is 19.9 Å². The van der Waals surface area contributed by atoms with E-state index in [4.69, 9.17) is 4.65 Å². The van der Waals surface area contributed by atoms with Crippen molar-refractivity contribution in [1.82, 2.24) is 5.01 Å². The lowest BCUT2D eigenvalue weighted by atomic mass is 9.48. The molecule has 0 radical (unpaired) electrons. The summed E-state index contributed by atoms with van der Waals surface area (Å²) in [6.07, 6.45) is 11.1. The lowest BCUT2D eigenvalue weighted by Gasteiger charge is -2.34. The van der Waals surface area contributed by atoms with Crippen molar-refractivity contribution in [3.63, 3.8) is 0 Å². The molecular weight excluding hydrogens is 359 g/mol. The fourth-order valence-corrected chi connectivity index (χ4v) is 3.48. The van der Waals surface area contributed by atoms with Gasteiger partial charge in [-0.05, 0) is 57.1 Å². The topological polar surface area (TPSA) is 41.9 Å². The number of hydrogen-bond donors (Lipinski definition) is 0. The molecule has 0 aromatic carbocycles. The minimum absolute atomic E-state index is 0.00831. The van der Waals surface area contributed by atoms with E-state index in [9.17, 15) is 4.79 Å². The Morgan fingerprint density at radius 1 is 1.24 bits per heavy atom. The predicted octanol–water partition coefficient (Wildman–Crippen LogP) is 6.88. The molecule has 29 heavy (non-hydrogen) atoms. The van der Waals surface area contributed by atoms with Gasteiger partial charge in [0.25, 0.3) is 6.92 Å². The monoisotopic (exact) mass is 408 g/mol. The molecule has 5 heteroatoms. The van der Waals surface area contributed by atoms with Crippen molar-refractivity contribution < 1.29 is 9.45 Å². The first-order valence-corrected chi connectivity index (χ1v) is 11.6. The third kappa shape index (κ3) is 11.0. The Hall–Kier alpha value is -1.10. The van der Waals surface area contributed by atoms with Crippen LogP contribution in [-0.2, 0) is 9.45 Å². The largest absolute Gasteiger partial charge is 0.430 e. The number of carbonyl (C=O) groups is 1. The summed E-state index contributed by atoms with van der Waals surface area (Å²) < 4.78 is 6.36. The van der Waals surface area contributed by atoms with Gasteiger partial charge in [-0.25, -0.2) is 0 Å². The molecule has 0 amide bonds. The third-order valence-electron chi connectivity index (χ3n) is 5.96. The number of hydrazone groups is 1. The Kier molecular flexibility index (Phi) is 16.3. The molecule has 4 nitrogen and oxygen atoms in total. The first-order chi connectivity index (χ1) is 13.6. The summed E-state index contributed by atoms with van der Waals surface area (Å²) in [6.45, 7) is 20.8. The molecule has 1 unspecified atom stereocenters. The molecule has 0 aromatic rings. The maximum atomic E-state index is 10.4. The van der Waals surface area contributed by atoms with E-state index in [2.05, 4.69) is 45.6 Å². The maximum Gasteiger partial charge on any atom is 0.297 e. The van der Waals surface area contributed by atoms with Crippen molar-refractivity contribution in [2.24, 2.45) is 10.5 Å². The maximum absolute atomic E-state index is 10.4. The Balaban J connectivity index is 0.